The second-order valence-electron chi connectivity index (χ2n) is 6.30. The number of methoxy groups -OCH3 is 2. The Bertz CT molecular complexity index is 931. The van der Waals surface area contributed by atoms with Gasteiger partial charge in [0.1, 0.15) is 5.69 Å². The first-order valence-electron chi connectivity index (χ1n) is 9.28. The Morgan fingerprint density at radius 3 is 2.55 bits per heavy atom. The number of benzene rings is 1. The lowest BCUT2D eigenvalue weighted by Gasteiger charge is -2.10. The van der Waals surface area contributed by atoms with Crippen molar-refractivity contribution in [1.29, 1.82) is 0 Å². The number of amides is 1. The molecule has 29 heavy (non-hydrogen) atoms. The molecule has 0 aliphatic rings. The van der Waals surface area contributed by atoms with Gasteiger partial charge in [0, 0.05) is 12.7 Å². The van der Waals surface area contributed by atoms with Gasteiger partial charge in [0.05, 0.1) is 38.3 Å². The third kappa shape index (κ3) is 5.68. The molecular formula is C22H24N4O3. The number of carbonyl (C=O) groups excluding carboxylic acids is 1. The lowest BCUT2D eigenvalue weighted by Crippen LogP contribution is -2.26. The molecule has 0 atom stereocenters. The third-order valence-corrected chi connectivity index (χ3v) is 4.34. The Morgan fingerprint density at radius 1 is 1.00 bits per heavy atom. The highest BCUT2D eigenvalue weighted by atomic mass is 16.5. The van der Waals surface area contributed by atoms with Crippen LogP contribution in [-0.2, 0) is 13.0 Å². The fourth-order valence-corrected chi connectivity index (χ4v) is 2.78. The molecule has 150 valence electrons. The standard InChI is InChI=1S/C22H24N4O3/c1-28-20-9-6-16(13-21(20)29-2)10-12-24-22(27)19-8-7-18(15-26-19)25-14-17-5-3-4-11-23-17/h3-9,11,13,15,25H,10,12,14H2,1-2H3,(H,24,27). The predicted molar refractivity (Wildman–Crippen MR) is 111 cm³/mol. The van der Waals surface area contributed by atoms with Gasteiger partial charge in [0.15, 0.2) is 11.5 Å². The molecule has 0 fully saturated rings. The van der Waals surface area contributed by atoms with Crippen molar-refractivity contribution in [2.75, 3.05) is 26.1 Å². The van der Waals surface area contributed by atoms with Gasteiger partial charge in [-0.3, -0.25) is 9.78 Å². The SMILES string of the molecule is COc1ccc(CCNC(=O)c2ccc(NCc3ccccn3)cn2)cc1OC. The van der Waals surface area contributed by atoms with Crippen molar-refractivity contribution in [3.8, 4) is 11.5 Å². The monoisotopic (exact) mass is 392 g/mol. The fraction of sp³-hybridized carbons (Fsp3) is 0.227. The van der Waals surface area contributed by atoms with Crippen LogP contribution < -0.4 is 20.1 Å². The van der Waals surface area contributed by atoms with E-state index in [-0.39, 0.29) is 5.91 Å². The van der Waals surface area contributed by atoms with Crippen molar-refractivity contribution in [1.82, 2.24) is 15.3 Å². The van der Waals surface area contributed by atoms with Gasteiger partial charge in [-0.15, -0.1) is 0 Å². The van der Waals surface area contributed by atoms with Crippen LogP contribution in [0, 0.1) is 0 Å². The summed E-state index contributed by atoms with van der Waals surface area (Å²) in [5.74, 6) is 1.15. The van der Waals surface area contributed by atoms with Crippen molar-refractivity contribution < 1.29 is 14.3 Å². The Balaban J connectivity index is 1.48. The third-order valence-electron chi connectivity index (χ3n) is 4.34. The van der Waals surface area contributed by atoms with Crippen LogP contribution in [0.3, 0.4) is 0 Å². The summed E-state index contributed by atoms with van der Waals surface area (Å²) in [7, 11) is 3.20. The van der Waals surface area contributed by atoms with Gasteiger partial charge in [-0.25, -0.2) is 4.98 Å². The van der Waals surface area contributed by atoms with Crippen molar-refractivity contribution in [3.63, 3.8) is 0 Å². The summed E-state index contributed by atoms with van der Waals surface area (Å²) >= 11 is 0. The zero-order valence-corrected chi connectivity index (χ0v) is 16.5. The topological polar surface area (TPSA) is 85.4 Å². The van der Waals surface area contributed by atoms with Gasteiger partial charge in [0.2, 0.25) is 0 Å². The Labute approximate surface area is 170 Å². The van der Waals surface area contributed by atoms with Crippen LogP contribution in [0.4, 0.5) is 5.69 Å². The maximum atomic E-state index is 12.3. The molecule has 3 rings (SSSR count). The minimum Gasteiger partial charge on any atom is -0.493 e. The lowest BCUT2D eigenvalue weighted by molar-refractivity contribution is 0.0949. The first-order valence-corrected chi connectivity index (χ1v) is 9.28. The number of aromatic nitrogens is 2. The van der Waals surface area contributed by atoms with E-state index in [1.165, 1.54) is 0 Å². The van der Waals surface area contributed by atoms with E-state index in [4.69, 9.17) is 9.47 Å². The number of hydrogen-bond acceptors (Lipinski definition) is 6. The summed E-state index contributed by atoms with van der Waals surface area (Å²) in [5.41, 5.74) is 3.19. The van der Waals surface area contributed by atoms with E-state index < -0.39 is 0 Å². The minimum absolute atomic E-state index is 0.207. The van der Waals surface area contributed by atoms with E-state index in [0.717, 1.165) is 16.9 Å². The number of nitrogens with zero attached hydrogens (tertiary/aromatic N) is 2. The van der Waals surface area contributed by atoms with E-state index in [9.17, 15) is 4.79 Å². The van der Waals surface area contributed by atoms with Crippen LogP contribution >= 0.6 is 0 Å². The van der Waals surface area contributed by atoms with Crippen molar-refractivity contribution in [3.05, 3.63) is 77.9 Å². The van der Waals surface area contributed by atoms with Gasteiger partial charge >= 0.3 is 0 Å². The second-order valence-corrected chi connectivity index (χ2v) is 6.30. The molecule has 3 aromatic rings. The highest BCUT2D eigenvalue weighted by Crippen LogP contribution is 2.27. The number of pyridine rings is 2. The number of rotatable bonds is 9. The molecule has 0 aliphatic carbocycles. The molecule has 2 aromatic heterocycles. The molecule has 0 spiro atoms. The fourth-order valence-electron chi connectivity index (χ4n) is 2.78. The summed E-state index contributed by atoms with van der Waals surface area (Å²) in [5, 5.41) is 6.12. The Hall–Kier alpha value is -3.61. The second kappa shape index (κ2) is 10.1. The largest absolute Gasteiger partial charge is 0.493 e. The molecular weight excluding hydrogens is 368 g/mol. The van der Waals surface area contributed by atoms with E-state index in [0.29, 0.717) is 36.7 Å². The highest BCUT2D eigenvalue weighted by Gasteiger charge is 2.08. The summed E-state index contributed by atoms with van der Waals surface area (Å²) in [6, 6.07) is 15.0. The van der Waals surface area contributed by atoms with Gasteiger partial charge in [0.25, 0.3) is 5.91 Å². The molecule has 0 aliphatic heterocycles. The van der Waals surface area contributed by atoms with E-state index in [2.05, 4.69) is 20.6 Å². The molecule has 0 radical (unpaired) electrons. The number of carbonyl (C=O) groups is 1. The van der Waals surface area contributed by atoms with Crippen molar-refractivity contribution in [2.45, 2.75) is 13.0 Å². The highest BCUT2D eigenvalue weighted by molar-refractivity contribution is 5.92. The molecule has 2 heterocycles. The van der Waals surface area contributed by atoms with Gasteiger partial charge < -0.3 is 20.1 Å². The number of anilines is 1. The van der Waals surface area contributed by atoms with Crippen molar-refractivity contribution >= 4 is 11.6 Å². The smallest absolute Gasteiger partial charge is 0.269 e. The molecule has 0 bridgehead atoms. The lowest BCUT2D eigenvalue weighted by atomic mass is 10.1. The van der Waals surface area contributed by atoms with Gasteiger partial charge in [-0.1, -0.05) is 12.1 Å². The van der Waals surface area contributed by atoms with Gasteiger partial charge in [-0.2, -0.15) is 0 Å². The van der Waals surface area contributed by atoms with Crippen LogP contribution in [0.15, 0.2) is 60.9 Å². The van der Waals surface area contributed by atoms with Crippen LogP contribution in [-0.4, -0.2) is 36.6 Å². The number of hydrogen-bond donors (Lipinski definition) is 2. The molecule has 1 aromatic carbocycles. The van der Waals surface area contributed by atoms with Crippen LogP contribution in [0.25, 0.3) is 0 Å². The van der Waals surface area contributed by atoms with E-state index in [1.807, 2.05) is 42.5 Å². The molecule has 0 saturated carbocycles. The molecule has 7 heteroatoms. The van der Waals surface area contributed by atoms with Crippen LogP contribution in [0.5, 0.6) is 11.5 Å². The number of ether oxygens (including phenoxy) is 2. The molecule has 7 nitrogen and oxygen atoms in total. The van der Waals surface area contributed by atoms with Crippen LogP contribution in [0.2, 0.25) is 0 Å². The number of nitrogens with one attached hydrogen (secondary N) is 2. The van der Waals surface area contributed by atoms with Crippen molar-refractivity contribution in [2.24, 2.45) is 0 Å². The first-order chi connectivity index (χ1) is 14.2. The molecule has 2 N–H and O–H groups in total. The molecule has 1 amide bonds. The van der Waals surface area contributed by atoms with Crippen LogP contribution in [0.1, 0.15) is 21.7 Å². The molecule has 0 saturated heterocycles. The average Bonchev–Trinajstić information content (AvgIpc) is 2.78. The summed E-state index contributed by atoms with van der Waals surface area (Å²) in [6.45, 7) is 1.09. The average molecular weight is 392 g/mol. The minimum atomic E-state index is -0.207. The summed E-state index contributed by atoms with van der Waals surface area (Å²) in [4.78, 5) is 20.8. The maximum Gasteiger partial charge on any atom is 0.269 e. The van der Waals surface area contributed by atoms with E-state index in [1.54, 1.807) is 32.7 Å². The molecule has 0 unspecified atom stereocenters. The Kier molecular flexibility index (Phi) is 7.00. The van der Waals surface area contributed by atoms with Gasteiger partial charge in [-0.05, 0) is 48.4 Å². The summed E-state index contributed by atoms with van der Waals surface area (Å²) in [6.07, 6.45) is 4.08. The quantitative estimate of drug-likeness (QED) is 0.582. The summed E-state index contributed by atoms with van der Waals surface area (Å²) < 4.78 is 10.5. The zero-order valence-electron chi connectivity index (χ0n) is 16.5. The first kappa shape index (κ1) is 20.1. The van der Waals surface area contributed by atoms with E-state index >= 15 is 0 Å². The maximum absolute atomic E-state index is 12.3. The Morgan fingerprint density at radius 2 is 1.86 bits per heavy atom. The predicted octanol–water partition coefficient (Wildman–Crippen LogP) is 3.08. The normalized spacial score (nSPS) is 10.3. The zero-order chi connectivity index (χ0) is 20.5.